The quantitative estimate of drug-likeness (QED) is 0.516. The number of aliphatic carboxylic acids is 1. The van der Waals surface area contributed by atoms with E-state index in [2.05, 4.69) is 34.9 Å². The van der Waals surface area contributed by atoms with Crippen LogP contribution >= 0.6 is 0 Å². The molecule has 2 aliphatic rings. The molecular weight excluding hydrogens is 444 g/mol. The fourth-order valence-electron chi connectivity index (χ4n) is 5.43. The van der Waals surface area contributed by atoms with Crippen LogP contribution in [0.1, 0.15) is 56.6 Å². The second-order valence-corrected chi connectivity index (χ2v) is 9.93. The molecule has 3 atom stereocenters. The monoisotopic (exact) mass is 478 g/mol. The SMILES string of the molecule is CC(C)[C@@H](NC(=O)[C@H]1CCCC[C@H]1CNC(=O)OCC1c2ccccc2-c2ccccc21)C(=O)O. The van der Waals surface area contributed by atoms with Crippen molar-refractivity contribution in [2.45, 2.75) is 51.5 Å². The molecule has 1 saturated carbocycles. The number of benzene rings is 2. The molecule has 4 rings (SSSR count). The third kappa shape index (κ3) is 5.50. The average Bonchev–Trinajstić information content (AvgIpc) is 3.18. The summed E-state index contributed by atoms with van der Waals surface area (Å²) in [6.45, 7) is 4.11. The van der Waals surface area contributed by atoms with Gasteiger partial charge in [0, 0.05) is 18.4 Å². The molecule has 35 heavy (non-hydrogen) atoms. The summed E-state index contributed by atoms with van der Waals surface area (Å²) in [5.74, 6) is -1.87. The zero-order valence-electron chi connectivity index (χ0n) is 20.3. The number of carbonyl (C=O) groups excluding carboxylic acids is 2. The van der Waals surface area contributed by atoms with E-state index in [1.165, 1.54) is 11.1 Å². The van der Waals surface area contributed by atoms with Crippen molar-refractivity contribution in [3.8, 4) is 11.1 Å². The number of carboxylic acid groups (broad SMARTS) is 1. The molecule has 0 spiro atoms. The molecule has 2 aromatic carbocycles. The van der Waals surface area contributed by atoms with Crippen LogP contribution in [0.2, 0.25) is 0 Å². The standard InChI is InChI=1S/C28H34N2O5/c1-17(2)25(27(32)33)30-26(31)19-10-4-3-9-18(19)15-29-28(34)35-16-24-22-13-7-5-11-20(22)21-12-6-8-14-23(21)24/h5-8,11-14,17-19,24-25H,3-4,9-10,15-16H2,1-2H3,(H,29,34)(H,30,31)(H,32,33)/t18-,19-,25+/m0/s1. The van der Waals surface area contributed by atoms with Gasteiger partial charge in [-0.05, 0) is 46.9 Å². The number of amides is 2. The van der Waals surface area contributed by atoms with E-state index in [0.717, 1.165) is 30.4 Å². The lowest BCUT2D eigenvalue weighted by Crippen LogP contribution is -2.49. The first-order chi connectivity index (χ1) is 16.9. The molecule has 2 amide bonds. The third-order valence-corrected chi connectivity index (χ3v) is 7.33. The summed E-state index contributed by atoms with van der Waals surface area (Å²) >= 11 is 0. The number of nitrogens with one attached hydrogen (secondary N) is 2. The topological polar surface area (TPSA) is 105 Å². The Bertz CT molecular complexity index is 1040. The van der Waals surface area contributed by atoms with Crippen molar-refractivity contribution in [1.29, 1.82) is 0 Å². The predicted molar refractivity (Wildman–Crippen MR) is 133 cm³/mol. The van der Waals surface area contributed by atoms with Crippen LogP contribution < -0.4 is 10.6 Å². The van der Waals surface area contributed by atoms with Gasteiger partial charge in [-0.25, -0.2) is 9.59 Å². The molecule has 0 heterocycles. The Kier molecular flexibility index (Phi) is 7.73. The highest BCUT2D eigenvalue weighted by atomic mass is 16.5. The van der Waals surface area contributed by atoms with Gasteiger partial charge in [-0.3, -0.25) is 4.79 Å². The first-order valence-corrected chi connectivity index (χ1v) is 12.5. The van der Waals surface area contributed by atoms with Crippen LogP contribution in [0.5, 0.6) is 0 Å². The summed E-state index contributed by atoms with van der Waals surface area (Å²) in [4.78, 5) is 37.0. The zero-order valence-corrected chi connectivity index (χ0v) is 20.3. The molecule has 186 valence electrons. The van der Waals surface area contributed by atoms with Gasteiger partial charge in [0.05, 0.1) is 0 Å². The summed E-state index contributed by atoms with van der Waals surface area (Å²) in [5.41, 5.74) is 4.66. The number of alkyl carbamates (subject to hydrolysis) is 1. The van der Waals surface area contributed by atoms with Crippen LogP contribution in [0.4, 0.5) is 4.79 Å². The van der Waals surface area contributed by atoms with E-state index in [0.29, 0.717) is 13.0 Å². The Morgan fingerprint density at radius 1 is 0.971 bits per heavy atom. The normalized spacial score (nSPS) is 20.0. The number of carbonyl (C=O) groups is 3. The maximum absolute atomic E-state index is 12.9. The molecule has 0 aliphatic heterocycles. The summed E-state index contributed by atoms with van der Waals surface area (Å²) in [6, 6.07) is 15.5. The van der Waals surface area contributed by atoms with Crippen LogP contribution in [0.15, 0.2) is 48.5 Å². The van der Waals surface area contributed by atoms with Crippen molar-refractivity contribution >= 4 is 18.0 Å². The highest BCUT2D eigenvalue weighted by Gasteiger charge is 2.34. The van der Waals surface area contributed by atoms with E-state index in [1.54, 1.807) is 13.8 Å². The van der Waals surface area contributed by atoms with E-state index in [1.807, 2.05) is 24.3 Å². The molecule has 0 aromatic heterocycles. The van der Waals surface area contributed by atoms with E-state index < -0.39 is 18.1 Å². The maximum atomic E-state index is 12.9. The van der Waals surface area contributed by atoms with Gasteiger partial charge >= 0.3 is 12.1 Å². The van der Waals surface area contributed by atoms with E-state index in [9.17, 15) is 19.5 Å². The second kappa shape index (κ2) is 10.9. The van der Waals surface area contributed by atoms with Crippen molar-refractivity contribution in [2.24, 2.45) is 17.8 Å². The lowest BCUT2D eigenvalue weighted by molar-refractivity contribution is -0.144. The van der Waals surface area contributed by atoms with Crippen molar-refractivity contribution < 1.29 is 24.2 Å². The molecule has 0 bridgehead atoms. The fourth-order valence-corrected chi connectivity index (χ4v) is 5.43. The van der Waals surface area contributed by atoms with Crippen molar-refractivity contribution in [2.75, 3.05) is 13.2 Å². The van der Waals surface area contributed by atoms with Gasteiger partial charge in [0.15, 0.2) is 0 Å². The summed E-state index contributed by atoms with van der Waals surface area (Å²) < 4.78 is 5.63. The number of rotatable bonds is 8. The van der Waals surface area contributed by atoms with Gasteiger partial charge in [-0.15, -0.1) is 0 Å². The second-order valence-electron chi connectivity index (χ2n) is 9.93. The molecule has 0 radical (unpaired) electrons. The van der Waals surface area contributed by atoms with Crippen molar-refractivity contribution in [3.63, 3.8) is 0 Å². The molecule has 7 heteroatoms. The predicted octanol–water partition coefficient (Wildman–Crippen LogP) is 4.56. The van der Waals surface area contributed by atoms with Crippen LogP contribution in [0.3, 0.4) is 0 Å². The molecule has 3 N–H and O–H groups in total. The maximum Gasteiger partial charge on any atom is 0.407 e. The molecule has 7 nitrogen and oxygen atoms in total. The molecule has 2 aromatic rings. The smallest absolute Gasteiger partial charge is 0.407 e. The van der Waals surface area contributed by atoms with Gasteiger partial charge in [-0.1, -0.05) is 75.2 Å². The zero-order chi connectivity index (χ0) is 24.9. The van der Waals surface area contributed by atoms with Crippen LogP contribution in [0, 0.1) is 17.8 Å². The Morgan fingerprint density at radius 2 is 1.57 bits per heavy atom. The minimum absolute atomic E-state index is 0.00894. The number of ether oxygens (including phenoxy) is 1. The summed E-state index contributed by atoms with van der Waals surface area (Å²) in [5, 5.41) is 15.0. The highest BCUT2D eigenvalue weighted by molar-refractivity contribution is 5.85. The first-order valence-electron chi connectivity index (χ1n) is 12.5. The average molecular weight is 479 g/mol. The summed E-state index contributed by atoms with van der Waals surface area (Å²) in [7, 11) is 0. The lowest BCUT2D eigenvalue weighted by atomic mass is 9.78. The molecule has 1 fully saturated rings. The fraction of sp³-hybridized carbons (Fsp3) is 0.464. The largest absolute Gasteiger partial charge is 0.480 e. The Balaban J connectivity index is 1.33. The Morgan fingerprint density at radius 3 is 2.17 bits per heavy atom. The lowest BCUT2D eigenvalue weighted by Gasteiger charge is -2.32. The van der Waals surface area contributed by atoms with Crippen LogP contribution in [0.25, 0.3) is 11.1 Å². The van der Waals surface area contributed by atoms with E-state index >= 15 is 0 Å². The van der Waals surface area contributed by atoms with Gasteiger partial charge in [-0.2, -0.15) is 0 Å². The Labute approximate surface area is 206 Å². The minimum atomic E-state index is -1.03. The first kappa shape index (κ1) is 24.8. The molecule has 0 saturated heterocycles. The third-order valence-electron chi connectivity index (χ3n) is 7.33. The molecular formula is C28H34N2O5. The molecule has 0 unspecified atom stereocenters. The van der Waals surface area contributed by atoms with Gasteiger partial charge in [0.25, 0.3) is 0 Å². The van der Waals surface area contributed by atoms with Crippen molar-refractivity contribution in [3.05, 3.63) is 59.7 Å². The number of carboxylic acids is 1. The van der Waals surface area contributed by atoms with E-state index in [4.69, 9.17) is 4.74 Å². The summed E-state index contributed by atoms with van der Waals surface area (Å²) in [6.07, 6.45) is 2.89. The minimum Gasteiger partial charge on any atom is -0.480 e. The van der Waals surface area contributed by atoms with Crippen molar-refractivity contribution in [1.82, 2.24) is 10.6 Å². The van der Waals surface area contributed by atoms with Crippen LogP contribution in [-0.4, -0.2) is 42.3 Å². The van der Waals surface area contributed by atoms with Gasteiger partial charge in [0.2, 0.25) is 5.91 Å². The Hall–Kier alpha value is -3.35. The van der Waals surface area contributed by atoms with Gasteiger partial charge < -0.3 is 20.5 Å². The number of hydrogen-bond donors (Lipinski definition) is 3. The van der Waals surface area contributed by atoms with Crippen LogP contribution in [-0.2, 0) is 14.3 Å². The number of fused-ring (bicyclic) bond motifs is 3. The van der Waals surface area contributed by atoms with Gasteiger partial charge in [0.1, 0.15) is 12.6 Å². The van der Waals surface area contributed by atoms with E-state index in [-0.39, 0.29) is 36.2 Å². The highest BCUT2D eigenvalue weighted by Crippen LogP contribution is 2.44. The number of hydrogen-bond acceptors (Lipinski definition) is 4. The molecule has 2 aliphatic carbocycles.